The number of aliphatic hydroxyl groups is 1. The fourth-order valence-corrected chi connectivity index (χ4v) is 6.37. The number of halogens is 2. The van der Waals surface area contributed by atoms with Gasteiger partial charge in [0, 0.05) is 56.0 Å². The fraction of sp³-hybridized carbons (Fsp3) is 0.536. The van der Waals surface area contributed by atoms with Crippen LogP contribution in [-0.4, -0.2) is 73.8 Å². The number of hydrogen-bond donors (Lipinski definition) is 2. The van der Waals surface area contributed by atoms with Gasteiger partial charge in [-0.25, -0.2) is 22.7 Å². The van der Waals surface area contributed by atoms with Crippen molar-refractivity contribution in [2.45, 2.75) is 51.4 Å². The van der Waals surface area contributed by atoms with Crippen LogP contribution in [0.25, 0.3) is 17.1 Å². The Balaban J connectivity index is 1.29. The third-order valence-corrected chi connectivity index (χ3v) is 9.41. The Morgan fingerprint density at radius 2 is 1.68 bits per heavy atom. The van der Waals surface area contributed by atoms with Crippen LogP contribution in [0.4, 0.5) is 26.0 Å². The molecule has 0 radical (unpaired) electrons. The summed E-state index contributed by atoms with van der Waals surface area (Å²) in [4.78, 5) is 9.02. The lowest BCUT2D eigenvalue weighted by atomic mass is 9.93. The number of benzene rings is 1. The van der Waals surface area contributed by atoms with Crippen molar-refractivity contribution < 1.29 is 18.1 Å². The molecule has 4 heterocycles. The molecule has 1 saturated carbocycles. The van der Waals surface area contributed by atoms with Crippen molar-refractivity contribution in [2.75, 3.05) is 53.1 Å². The van der Waals surface area contributed by atoms with Crippen molar-refractivity contribution >= 4 is 28.2 Å². The second-order valence-electron chi connectivity index (χ2n) is 11.3. The van der Waals surface area contributed by atoms with Gasteiger partial charge in [0.15, 0.2) is 5.82 Å². The predicted molar refractivity (Wildman–Crippen MR) is 153 cm³/mol. The Morgan fingerprint density at radius 3 is 2.38 bits per heavy atom. The van der Waals surface area contributed by atoms with E-state index >= 15 is 0 Å². The number of aliphatic hydroxyl groups excluding tert-OH is 1. The Hall–Kier alpha value is -3.12. The monoisotopic (exact) mass is 571 g/mol. The van der Waals surface area contributed by atoms with Gasteiger partial charge in [0.1, 0.15) is 22.5 Å². The molecule has 40 heavy (non-hydrogen) atoms. The molecule has 3 fully saturated rings. The van der Waals surface area contributed by atoms with Crippen LogP contribution in [-0.2, 0) is 11.0 Å². The van der Waals surface area contributed by atoms with Crippen LogP contribution >= 0.6 is 0 Å². The maximum Gasteiger partial charge on any atom is 0.251 e. The highest BCUT2D eigenvalue weighted by molar-refractivity contribution is 7.86. The van der Waals surface area contributed by atoms with Gasteiger partial charge in [-0.05, 0) is 73.9 Å². The summed E-state index contributed by atoms with van der Waals surface area (Å²) < 4.78 is 44.3. The summed E-state index contributed by atoms with van der Waals surface area (Å²) in [5, 5.41) is 18.0. The molecule has 1 unspecified atom stereocenters. The zero-order valence-electron chi connectivity index (χ0n) is 22.7. The van der Waals surface area contributed by atoms with E-state index in [1.54, 1.807) is 4.68 Å². The lowest BCUT2D eigenvalue weighted by molar-refractivity contribution is -0.0221. The minimum Gasteiger partial charge on any atom is -0.395 e. The van der Waals surface area contributed by atoms with E-state index in [1.165, 1.54) is 12.8 Å². The summed E-state index contributed by atoms with van der Waals surface area (Å²) in [6, 6.07) is 9.66. The second-order valence-corrected chi connectivity index (χ2v) is 12.6. The number of aromatic nitrogens is 4. The first-order valence-electron chi connectivity index (χ1n) is 13.9. The number of piperidine rings is 2. The predicted octanol–water partition coefficient (Wildman–Crippen LogP) is 4.32. The molecule has 9 nitrogen and oxygen atoms in total. The number of nitrogens with zero attached hydrogens (tertiary/aromatic N) is 6. The molecule has 3 aromatic rings. The van der Waals surface area contributed by atoms with Crippen molar-refractivity contribution in [3.05, 3.63) is 42.1 Å². The summed E-state index contributed by atoms with van der Waals surface area (Å²) in [5.41, 5.74) is 4.82. The molecule has 1 aromatic carbocycles. The molecule has 12 heteroatoms. The van der Waals surface area contributed by atoms with Crippen LogP contribution in [0.2, 0.25) is 0 Å². The highest BCUT2D eigenvalue weighted by Crippen LogP contribution is 2.54. The van der Waals surface area contributed by atoms with E-state index in [0.717, 1.165) is 48.4 Å². The third kappa shape index (κ3) is 5.83. The number of rotatable bonds is 8. The molecule has 2 aliphatic heterocycles. The van der Waals surface area contributed by atoms with Gasteiger partial charge in [-0.3, -0.25) is 0 Å². The molecule has 1 spiro atoms. The molecular formula is C28H35F2N7O2S. The van der Waals surface area contributed by atoms with Crippen molar-refractivity contribution in [1.82, 2.24) is 20.0 Å². The van der Waals surface area contributed by atoms with Gasteiger partial charge >= 0.3 is 0 Å². The fourth-order valence-electron chi connectivity index (χ4n) is 5.71. The summed E-state index contributed by atoms with van der Waals surface area (Å²) in [7, 11) is -1.37. The third-order valence-electron chi connectivity index (χ3n) is 8.39. The highest BCUT2D eigenvalue weighted by Gasteiger charge is 2.44. The van der Waals surface area contributed by atoms with Crippen LogP contribution in [0.3, 0.4) is 0 Å². The topological polar surface area (TPSA) is 99.4 Å². The summed E-state index contributed by atoms with van der Waals surface area (Å²) >= 11 is 0. The number of alkyl halides is 2. The van der Waals surface area contributed by atoms with E-state index in [1.807, 2.05) is 48.4 Å². The molecule has 1 aliphatic carbocycles. The average molecular weight is 572 g/mol. The van der Waals surface area contributed by atoms with Crippen LogP contribution in [0.1, 0.15) is 44.1 Å². The van der Waals surface area contributed by atoms with Gasteiger partial charge in [-0.2, -0.15) is 0 Å². The summed E-state index contributed by atoms with van der Waals surface area (Å²) in [6.45, 7) is 4.22. The number of nitrogens with one attached hydrogen (secondary N) is 1. The van der Waals surface area contributed by atoms with E-state index < -0.39 is 16.9 Å². The van der Waals surface area contributed by atoms with Crippen molar-refractivity contribution in [3.63, 3.8) is 0 Å². The molecule has 2 N–H and O–H groups in total. The molecule has 2 saturated heterocycles. The van der Waals surface area contributed by atoms with Crippen LogP contribution in [0.5, 0.6) is 0 Å². The smallest absolute Gasteiger partial charge is 0.251 e. The highest BCUT2D eigenvalue weighted by atomic mass is 32.2. The quantitative estimate of drug-likeness (QED) is 0.416. The summed E-state index contributed by atoms with van der Waals surface area (Å²) in [6.07, 6.45) is 6.44. The van der Waals surface area contributed by atoms with Crippen molar-refractivity contribution in [1.29, 1.82) is 0 Å². The number of aryl methyl sites for hydroxylation is 1. The van der Waals surface area contributed by atoms with Gasteiger partial charge in [0.05, 0.1) is 18.6 Å². The number of anilines is 3. The first kappa shape index (κ1) is 27.1. The van der Waals surface area contributed by atoms with E-state index in [4.69, 9.17) is 10.1 Å². The van der Waals surface area contributed by atoms with Crippen molar-refractivity contribution in [3.8, 4) is 17.1 Å². The molecule has 1 atom stereocenters. The minimum atomic E-state index is -2.62. The van der Waals surface area contributed by atoms with Gasteiger partial charge in [0.2, 0.25) is 0 Å². The molecule has 2 aromatic heterocycles. The van der Waals surface area contributed by atoms with E-state index in [-0.39, 0.29) is 38.3 Å². The average Bonchev–Trinajstić information content (AvgIpc) is 3.49. The Bertz CT molecular complexity index is 1390. The number of hydrogen-bond acceptors (Lipinski definition) is 7. The van der Waals surface area contributed by atoms with Gasteiger partial charge in [0.25, 0.3) is 5.92 Å². The van der Waals surface area contributed by atoms with Crippen LogP contribution in [0.15, 0.2) is 36.5 Å². The Kier molecular flexibility index (Phi) is 7.24. The minimum absolute atomic E-state index is 0.152. The first-order chi connectivity index (χ1) is 19.2. The standard InChI is InChI=1S/C28H35F2N7O2S/c1-20-16-25(36-12-8-28(29,30)9-13-36)31-26(17-20)37-19-23(32-34-37)22-3-2-21(33-40(39)15-14-38)18-24(22)35-10-6-27(4-5-27)7-11-35/h2-3,16-19,33,38H,4-15H2,1H3. The maximum absolute atomic E-state index is 13.7. The first-order valence-corrected chi connectivity index (χ1v) is 15.2. The maximum atomic E-state index is 13.7. The second kappa shape index (κ2) is 10.7. The lowest BCUT2D eigenvalue weighted by Gasteiger charge is -2.35. The van der Waals surface area contributed by atoms with E-state index in [2.05, 4.69) is 19.9 Å². The molecule has 3 aliphatic rings. The molecule has 0 bridgehead atoms. The van der Waals surface area contributed by atoms with E-state index in [0.29, 0.717) is 22.7 Å². The lowest BCUT2D eigenvalue weighted by Crippen LogP contribution is -2.39. The normalized spacial score (nSPS) is 20.5. The van der Waals surface area contributed by atoms with Crippen LogP contribution in [0, 0.1) is 12.3 Å². The Morgan fingerprint density at radius 1 is 0.975 bits per heavy atom. The molecule has 0 amide bonds. The summed E-state index contributed by atoms with van der Waals surface area (Å²) in [5.74, 6) is -1.21. The molecular weight excluding hydrogens is 536 g/mol. The van der Waals surface area contributed by atoms with Crippen molar-refractivity contribution in [2.24, 2.45) is 5.41 Å². The SMILES string of the molecule is Cc1cc(N2CCC(F)(F)CC2)nc(-n2cc(-c3ccc(NS(=O)CCO)cc3N3CCC4(CC3)CC4)nn2)c1. The van der Waals surface area contributed by atoms with Gasteiger partial charge in [-0.15, -0.1) is 5.10 Å². The zero-order valence-corrected chi connectivity index (χ0v) is 23.5. The van der Waals surface area contributed by atoms with Gasteiger partial charge in [-0.1, -0.05) is 5.21 Å². The molecule has 6 rings (SSSR count). The number of pyridine rings is 1. The Labute approximate surface area is 235 Å². The van der Waals surface area contributed by atoms with E-state index in [9.17, 15) is 13.0 Å². The van der Waals surface area contributed by atoms with Crippen LogP contribution < -0.4 is 14.5 Å². The molecule has 214 valence electrons. The van der Waals surface area contributed by atoms with Gasteiger partial charge < -0.3 is 19.6 Å². The zero-order chi connectivity index (χ0) is 27.9. The largest absolute Gasteiger partial charge is 0.395 e.